The molecule has 3 aromatic rings. The molecule has 0 bridgehead atoms. The Morgan fingerprint density at radius 1 is 0.731 bits per heavy atom. The molecule has 26 heavy (non-hydrogen) atoms. The summed E-state index contributed by atoms with van der Waals surface area (Å²) in [6.45, 7) is -0.0250. The third kappa shape index (κ3) is 4.03. The van der Waals surface area contributed by atoms with Gasteiger partial charge in [-0.3, -0.25) is 0 Å². The molecule has 0 fully saturated rings. The van der Waals surface area contributed by atoms with Gasteiger partial charge in [0.2, 0.25) is 0 Å². The van der Waals surface area contributed by atoms with Crippen LogP contribution in [-0.2, 0) is 12.2 Å². The molecule has 0 spiro atoms. The van der Waals surface area contributed by atoms with Crippen LogP contribution in [0, 0.1) is 11.8 Å². The van der Waals surface area contributed by atoms with Crippen LogP contribution in [0.3, 0.4) is 0 Å². The number of hydrogen-bond acceptors (Lipinski definition) is 2. The van der Waals surface area contributed by atoms with Gasteiger partial charge in [0.1, 0.15) is 5.60 Å². The molecule has 0 saturated heterocycles. The van der Waals surface area contributed by atoms with Gasteiger partial charge in [-0.2, -0.15) is 0 Å². The van der Waals surface area contributed by atoms with Crippen molar-refractivity contribution in [2.75, 3.05) is 0 Å². The molecule has 0 amide bonds. The Kier molecular flexibility index (Phi) is 5.86. The summed E-state index contributed by atoms with van der Waals surface area (Å²) >= 11 is 0. The van der Waals surface area contributed by atoms with Crippen molar-refractivity contribution in [3.63, 3.8) is 0 Å². The van der Waals surface area contributed by atoms with Gasteiger partial charge in [0.05, 0.1) is 6.61 Å². The van der Waals surface area contributed by atoms with E-state index in [0.717, 1.165) is 22.3 Å². The molecule has 2 heteroatoms. The van der Waals surface area contributed by atoms with Crippen LogP contribution in [0.15, 0.2) is 84.9 Å². The molecule has 3 rings (SSSR count). The summed E-state index contributed by atoms with van der Waals surface area (Å²) in [6.07, 6.45) is 1.04. The van der Waals surface area contributed by atoms with Crippen LogP contribution in [-0.4, -0.2) is 10.2 Å². The second-order valence-corrected chi connectivity index (χ2v) is 6.21. The number of aliphatic hydroxyl groups is 2. The highest BCUT2D eigenvalue weighted by Gasteiger charge is 2.30. The first-order chi connectivity index (χ1) is 12.7. The Morgan fingerprint density at radius 3 is 1.85 bits per heavy atom. The lowest BCUT2D eigenvalue weighted by molar-refractivity contribution is 0.0727. The van der Waals surface area contributed by atoms with E-state index < -0.39 is 5.60 Å². The Morgan fingerprint density at radius 2 is 1.27 bits per heavy atom. The minimum Gasteiger partial charge on any atom is -0.392 e. The summed E-state index contributed by atoms with van der Waals surface area (Å²) < 4.78 is 0. The summed E-state index contributed by atoms with van der Waals surface area (Å²) in [4.78, 5) is 0. The van der Waals surface area contributed by atoms with Crippen molar-refractivity contribution in [1.29, 1.82) is 0 Å². The average molecular weight is 342 g/mol. The topological polar surface area (TPSA) is 40.5 Å². The van der Waals surface area contributed by atoms with E-state index in [1.54, 1.807) is 0 Å². The Balaban J connectivity index is 1.83. The molecule has 130 valence electrons. The van der Waals surface area contributed by atoms with E-state index in [0.29, 0.717) is 12.8 Å². The Labute approximate surface area is 154 Å². The van der Waals surface area contributed by atoms with E-state index in [1.165, 1.54) is 0 Å². The lowest BCUT2D eigenvalue weighted by Gasteiger charge is -2.28. The van der Waals surface area contributed by atoms with Crippen LogP contribution >= 0.6 is 0 Å². The molecule has 0 unspecified atom stereocenters. The summed E-state index contributed by atoms with van der Waals surface area (Å²) in [5.41, 5.74) is 2.31. The first-order valence-electron chi connectivity index (χ1n) is 8.75. The highest BCUT2D eigenvalue weighted by atomic mass is 16.3. The summed E-state index contributed by atoms with van der Waals surface area (Å²) in [5, 5.41) is 20.8. The van der Waals surface area contributed by atoms with Crippen LogP contribution in [0.5, 0.6) is 0 Å². The molecule has 0 aliphatic rings. The first-order valence-corrected chi connectivity index (χ1v) is 8.75. The quantitative estimate of drug-likeness (QED) is 0.681. The van der Waals surface area contributed by atoms with Crippen LogP contribution in [0.2, 0.25) is 0 Å². The van der Waals surface area contributed by atoms with Crippen LogP contribution in [0.4, 0.5) is 0 Å². The molecule has 2 nitrogen and oxygen atoms in total. The van der Waals surface area contributed by atoms with Crippen molar-refractivity contribution in [1.82, 2.24) is 0 Å². The summed E-state index contributed by atoms with van der Waals surface area (Å²) in [5.74, 6) is 6.27. The predicted octanol–water partition coefficient (Wildman–Crippen LogP) is 4.25. The zero-order chi connectivity index (χ0) is 18.2. The molecule has 0 saturated carbocycles. The van der Waals surface area contributed by atoms with Crippen molar-refractivity contribution in [3.8, 4) is 11.8 Å². The number of rotatable bonds is 5. The van der Waals surface area contributed by atoms with Gasteiger partial charge in [0.15, 0.2) is 0 Å². The van der Waals surface area contributed by atoms with Crippen LogP contribution in [0.1, 0.15) is 35.1 Å². The fourth-order valence-electron chi connectivity index (χ4n) is 3.06. The molecule has 0 radical (unpaired) electrons. The molecule has 0 heterocycles. The Bertz CT molecular complexity index is 850. The van der Waals surface area contributed by atoms with E-state index in [-0.39, 0.29) is 6.61 Å². The van der Waals surface area contributed by atoms with Gasteiger partial charge in [-0.1, -0.05) is 90.7 Å². The third-order valence-electron chi connectivity index (χ3n) is 4.53. The van der Waals surface area contributed by atoms with Crippen LogP contribution < -0.4 is 0 Å². The molecular formula is C24H22O2. The van der Waals surface area contributed by atoms with Crippen molar-refractivity contribution in [2.45, 2.75) is 25.0 Å². The highest BCUT2D eigenvalue weighted by Crippen LogP contribution is 2.33. The summed E-state index contributed by atoms with van der Waals surface area (Å²) in [6, 6.07) is 27.0. The molecule has 0 aliphatic heterocycles. The first kappa shape index (κ1) is 17.9. The van der Waals surface area contributed by atoms with Crippen molar-refractivity contribution >= 4 is 0 Å². The van der Waals surface area contributed by atoms with Gasteiger partial charge in [-0.25, -0.2) is 0 Å². The predicted molar refractivity (Wildman–Crippen MR) is 104 cm³/mol. The second kappa shape index (κ2) is 8.49. The van der Waals surface area contributed by atoms with Gasteiger partial charge in [0.25, 0.3) is 0 Å². The second-order valence-electron chi connectivity index (χ2n) is 6.21. The zero-order valence-electron chi connectivity index (χ0n) is 14.6. The molecule has 2 N–H and O–H groups in total. The number of aliphatic hydroxyl groups excluding tert-OH is 1. The zero-order valence-corrected chi connectivity index (χ0v) is 14.6. The third-order valence-corrected chi connectivity index (χ3v) is 4.53. The lowest BCUT2D eigenvalue weighted by Crippen LogP contribution is -2.27. The summed E-state index contributed by atoms with van der Waals surface area (Å²) in [7, 11) is 0. The van der Waals surface area contributed by atoms with Crippen molar-refractivity contribution in [2.24, 2.45) is 0 Å². The maximum Gasteiger partial charge on any atom is 0.115 e. The average Bonchev–Trinajstić information content (AvgIpc) is 2.72. The van der Waals surface area contributed by atoms with Gasteiger partial charge in [-0.15, -0.1) is 0 Å². The Hall–Kier alpha value is -2.86. The minimum absolute atomic E-state index is 0.0250. The van der Waals surface area contributed by atoms with E-state index in [4.69, 9.17) is 0 Å². The van der Waals surface area contributed by atoms with Crippen molar-refractivity contribution < 1.29 is 10.2 Å². The number of hydrogen-bond donors (Lipinski definition) is 2. The maximum atomic E-state index is 11.4. The molecule has 0 aromatic heterocycles. The lowest BCUT2D eigenvalue weighted by atomic mass is 9.82. The fourth-order valence-corrected chi connectivity index (χ4v) is 3.06. The largest absolute Gasteiger partial charge is 0.392 e. The number of benzene rings is 3. The maximum absolute atomic E-state index is 11.4. The van der Waals surface area contributed by atoms with Gasteiger partial charge in [-0.05, 0) is 29.2 Å². The monoisotopic (exact) mass is 342 g/mol. The highest BCUT2D eigenvalue weighted by molar-refractivity contribution is 5.41. The van der Waals surface area contributed by atoms with Crippen molar-refractivity contribution in [3.05, 3.63) is 107 Å². The van der Waals surface area contributed by atoms with E-state index >= 15 is 0 Å². The normalized spacial score (nSPS) is 10.8. The molecule has 3 aromatic carbocycles. The fraction of sp³-hybridized carbons (Fsp3) is 0.167. The van der Waals surface area contributed by atoms with Gasteiger partial charge >= 0.3 is 0 Å². The van der Waals surface area contributed by atoms with E-state index in [2.05, 4.69) is 11.8 Å². The van der Waals surface area contributed by atoms with E-state index in [9.17, 15) is 10.2 Å². The molecule has 0 atom stereocenters. The van der Waals surface area contributed by atoms with Gasteiger partial charge in [0, 0.05) is 12.0 Å². The van der Waals surface area contributed by atoms with Crippen LogP contribution in [0.25, 0.3) is 0 Å². The molecular weight excluding hydrogens is 320 g/mol. The smallest absolute Gasteiger partial charge is 0.115 e. The van der Waals surface area contributed by atoms with Gasteiger partial charge < -0.3 is 10.2 Å². The minimum atomic E-state index is -1.08. The molecule has 0 aliphatic carbocycles. The van der Waals surface area contributed by atoms with E-state index in [1.807, 2.05) is 84.9 Å². The SMILES string of the molecule is OCc1ccccc1C#CCCC(O)(c1ccccc1)c1ccccc1. The standard InChI is InChI=1S/C24H22O2/c25-19-21-13-8-7-11-20(21)12-9-10-18-24(26,22-14-3-1-4-15-22)23-16-5-2-6-17-23/h1-8,11,13-17,25-26H,10,18-19H2.